The summed E-state index contributed by atoms with van der Waals surface area (Å²) in [5, 5.41) is 0. The van der Waals surface area contributed by atoms with E-state index in [-0.39, 0.29) is 7.43 Å². The standard InChI is InChI=1S/C11H22.CH4/c1-6-8-11(9(3)4)10(5)7-2;/h9,11H,5-8H2,1-4H3;1H4/t11-;/m1./s1. The topological polar surface area (TPSA) is 0 Å². The van der Waals surface area contributed by atoms with E-state index in [1.807, 2.05) is 0 Å². The Balaban J connectivity index is 0. The Morgan fingerprint density at radius 1 is 1.25 bits per heavy atom. The summed E-state index contributed by atoms with van der Waals surface area (Å²) in [5.74, 6) is 1.52. The Labute approximate surface area is 79.1 Å². The summed E-state index contributed by atoms with van der Waals surface area (Å²) in [7, 11) is 0. The summed E-state index contributed by atoms with van der Waals surface area (Å²) < 4.78 is 0. The van der Waals surface area contributed by atoms with Gasteiger partial charge >= 0.3 is 0 Å². The first-order chi connectivity index (χ1) is 5.13. The Morgan fingerprint density at radius 3 is 2.00 bits per heavy atom. The molecule has 0 heteroatoms. The molecule has 0 aliphatic carbocycles. The van der Waals surface area contributed by atoms with Gasteiger partial charge in [0.05, 0.1) is 0 Å². The highest BCUT2D eigenvalue weighted by Crippen LogP contribution is 2.25. The van der Waals surface area contributed by atoms with Gasteiger partial charge in [-0.05, 0) is 24.7 Å². The number of hydrogen-bond donors (Lipinski definition) is 0. The second kappa shape index (κ2) is 7.39. The van der Waals surface area contributed by atoms with Crippen molar-refractivity contribution < 1.29 is 0 Å². The molecular formula is C12H26. The van der Waals surface area contributed by atoms with Crippen LogP contribution >= 0.6 is 0 Å². The fourth-order valence-corrected chi connectivity index (χ4v) is 1.58. The lowest BCUT2D eigenvalue weighted by Gasteiger charge is -2.21. The molecule has 0 saturated heterocycles. The molecule has 0 unspecified atom stereocenters. The van der Waals surface area contributed by atoms with Crippen molar-refractivity contribution in [3.05, 3.63) is 12.2 Å². The van der Waals surface area contributed by atoms with E-state index in [4.69, 9.17) is 0 Å². The van der Waals surface area contributed by atoms with Crippen LogP contribution < -0.4 is 0 Å². The first-order valence-corrected chi connectivity index (χ1v) is 4.81. The number of hydrogen-bond acceptors (Lipinski definition) is 0. The lowest BCUT2D eigenvalue weighted by Crippen LogP contribution is -2.10. The van der Waals surface area contributed by atoms with Crippen molar-refractivity contribution in [3.8, 4) is 0 Å². The molecule has 0 spiro atoms. The van der Waals surface area contributed by atoms with Gasteiger partial charge in [0.2, 0.25) is 0 Å². The molecule has 74 valence electrons. The van der Waals surface area contributed by atoms with Gasteiger partial charge in [0.1, 0.15) is 0 Å². The molecule has 0 aromatic rings. The van der Waals surface area contributed by atoms with Crippen molar-refractivity contribution in [1.82, 2.24) is 0 Å². The molecule has 0 aliphatic rings. The largest absolute Gasteiger partial charge is 0.0996 e. The quantitative estimate of drug-likeness (QED) is 0.526. The molecule has 1 atom stereocenters. The van der Waals surface area contributed by atoms with Crippen LogP contribution in [-0.2, 0) is 0 Å². The molecule has 0 heterocycles. The van der Waals surface area contributed by atoms with E-state index >= 15 is 0 Å². The van der Waals surface area contributed by atoms with E-state index in [0.29, 0.717) is 0 Å². The fraction of sp³-hybridized carbons (Fsp3) is 0.833. The van der Waals surface area contributed by atoms with Crippen LogP contribution in [0, 0.1) is 11.8 Å². The monoisotopic (exact) mass is 170 g/mol. The van der Waals surface area contributed by atoms with Gasteiger partial charge in [-0.15, -0.1) is 0 Å². The molecule has 0 fully saturated rings. The molecule has 0 aromatic carbocycles. The minimum Gasteiger partial charge on any atom is -0.0996 e. The highest BCUT2D eigenvalue weighted by atomic mass is 14.2. The zero-order valence-corrected chi connectivity index (χ0v) is 8.48. The van der Waals surface area contributed by atoms with E-state index < -0.39 is 0 Å². The van der Waals surface area contributed by atoms with Crippen LogP contribution in [0.15, 0.2) is 12.2 Å². The first-order valence-electron chi connectivity index (χ1n) is 4.81. The highest BCUT2D eigenvalue weighted by Gasteiger charge is 2.13. The van der Waals surface area contributed by atoms with E-state index in [9.17, 15) is 0 Å². The van der Waals surface area contributed by atoms with Crippen LogP contribution in [0.3, 0.4) is 0 Å². The minimum atomic E-state index is 0. The molecule has 0 aromatic heterocycles. The van der Waals surface area contributed by atoms with Crippen LogP contribution in [0.4, 0.5) is 0 Å². The summed E-state index contributed by atoms with van der Waals surface area (Å²) >= 11 is 0. The van der Waals surface area contributed by atoms with E-state index in [2.05, 4.69) is 34.3 Å². The Bertz CT molecular complexity index is 111. The second-order valence-corrected chi connectivity index (χ2v) is 3.65. The van der Waals surface area contributed by atoms with Gasteiger partial charge in [-0.2, -0.15) is 0 Å². The van der Waals surface area contributed by atoms with Crippen molar-refractivity contribution in [2.24, 2.45) is 11.8 Å². The zero-order chi connectivity index (χ0) is 8.85. The van der Waals surface area contributed by atoms with Gasteiger partial charge < -0.3 is 0 Å². The minimum absolute atomic E-state index is 0. The summed E-state index contributed by atoms with van der Waals surface area (Å²) in [6.45, 7) is 13.1. The summed E-state index contributed by atoms with van der Waals surface area (Å²) in [5.41, 5.74) is 1.43. The third-order valence-electron chi connectivity index (χ3n) is 2.38. The molecule has 0 bridgehead atoms. The van der Waals surface area contributed by atoms with Crippen molar-refractivity contribution in [3.63, 3.8) is 0 Å². The lowest BCUT2D eigenvalue weighted by atomic mass is 9.84. The predicted octanol–water partition coefficient (Wildman–Crippen LogP) is 4.66. The molecule has 0 rings (SSSR count). The van der Waals surface area contributed by atoms with Gasteiger partial charge in [-0.1, -0.05) is 53.7 Å². The Hall–Kier alpha value is -0.260. The maximum atomic E-state index is 4.11. The molecule has 0 radical (unpaired) electrons. The molecule has 12 heavy (non-hydrogen) atoms. The van der Waals surface area contributed by atoms with Gasteiger partial charge in [-0.25, -0.2) is 0 Å². The molecule has 0 saturated carbocycles. The molecule has 0 amide bonds. The maximum absolute atomic E-state index is 4.11. The van der Waals surface area contributed by atoms with Crippen LogP contribution in [0.5, 0.6) is 0 Å². The second-order valence-electron chi connectivity index (χ2n) is 3.65. The SMILES string of the molecule is C.C=C(CC)[C@H](CCC)C(C)C. The van der Waals surface area contributed by atoms with Gasteiger partial charge in [0.15, 0.2) is 0 Å². The predicted molar refractivity (Wildman–Crippen MR) is 59.4 cm³/mol. The third kappa shape index (κ3) is 4.58. The average Bonchev–Trinajstić information content (AvgIpc) is 1.98. The fourth-order valence-electron chi connectivity index (χ4n) is 1.58. The third-order valence-corrected chi connectivity index (χ3v) is 2.38. The van der Waals surface area contributed by atoms with Crippen molar-refractivity contribution >= 4 is 0 Å². The van der Waals surface area contributed by atoms with E-state index in [0.717, 1.165) is 18.3 Å². The van der Waals surface area contributed by atoms with Crippen molar-refractivity contribution in [2.75, 3.05) is 0 Å². The van der Waals surface area contributed by atoms with Gasteiger partial charge in [0, 0.05) is 0 Å². The molecular weight excluding hydrogens is 144 g/mol. The first kappa shape index (κ1) is 14.3. The highest BCUT2D eigenvalue weighted by molar-refractivity contribution is 5.00. The number of allylic oxidation sites excluding steroid dienone is 1. The normalized spacial score (nSPS) is 12.4. The maximum Gasteiger partial charge on any atom is -0.0183 e. The Morgan fingerprint density at radius 2 is 1.75 bits per heavy atom. The van der Waals surface area contributed by atoms with Crippen LogP contribution in [0.2, 0.25) is 0 Å². The van der Waals surface area contributed by atoms with Gasteiger partial charge in [-0.3, -0.25) is 0 Å². The van der Waals surface area contributed by atoms with E-state index in [1.165, 1.54) is 18.4 Å². The summed E-state index contributed by atoms with van der Waals surface area (Å²) in [6, 6.07) is 0. The van der Waals surface area contributed by atoms with Crippen molar-refractivity contribution in [2.45, 2.75) is 54.4 Å². The lowest BCUT2D eigenvalue weighted by molar-refractivity contribution is 0.404. The van der Waals surface area contributed by atoms with Crippen LogP contribution in [-0.4, -0.2) is 0 Å². The zero-order valence-electron chi connectivity index (χ0n) is 8.48. The smallest absolute Gasteiger partial charge is 0.0183 e. The van der Waals surface area contributed by atoms with Crippen molar-refractivity contribution in [1.29, 1.82) is 0 Å². The van der Waals surface area contributed by atoms with Crippen LogP contribution in [0.1, 0.15) is 54.4 Å². The average molecular weight is 170 g/mol. The summed E-state index contributed by atoms with van der Waals surface area (Å²) in [6.07, 6.45) is 3.73. The van der Waals surface area contributed by atoms with E-state index in [1.54, 1.807) is 0 Å². The Kier molecular flexibility index (Phi) is 8.79. The summed E-state index contributed by atoms with van der Waals surface area (Å²) in [4.78, 5) is 0. The number of rotatable bonds is 5. The molecule has 0 N–H and O–H groups in total. The molecule has 0 aliphatic heterocycles. The van der Waals surface area contributed by atoms with Gasteiger partial charge in [0.25, 0.3) is 0 Å². The van der Waals surface area contributed by atoms with Crippen LogP contribution in [0.25, 0.3) is 0 Å². The molecule has 0 nitrogen and oxygen atoms in total.